The Bertz CT molecular complexity index is 551. The molecule has 0 aromatic carbocycles. The van der Waals surface area contributed by atoms with E-state index < -0.39 is 0 Å². The van der Waals surface area contributed by atoms with Gasteiger partial charge in [0.2, 0.25) is 0 Å². The number of allylic oxidation sites excluding steroid dienone is 3. The van der Waals surface area contributed by atoms with E-state index in [-0.39, 0.29) is 17.3 Å². The normalized spacial score (nSPS) is 31.2. The average Bonchev–Trinajstić information content (AvgIpc) is 2.89. The molecule has 0 aliphatic heterocycles. The zero-order chi connectivity index (χ0) is 15.2. The van der Waals surface area contributed by atoms with Crippen LogP contribution in [-0.2, 0) is 14.3 Å². The summed E-state index contributed by atoms with van der Waals surface area (Å²) >= 11 is 0. The van der Waals surface area contributed by atoms with Gasteiger partial charge in [0.25, 0.3) is 0 Å². The van der Waals surface area contributed by atoms with E-state index in [1.807, 2.05) is 0 Å². The number of esters is 1. The molecule has 0 aromatic heterocycles. The first-order chi connectivity index (χ1) is 9.96. The molecule has 0 aromatic rings. The molecule has 0 amide bonds. The van der Waals surface area contributed by atoms with Gasteiger partial charge in [0.1, 0.15) is 5.78 Å². The van der Waals surface area contributed by atoms with Crippen LogP contribution in [0.4, 0.5) is 0 Å². The van der Waals surface area contributed by atoms with Crippen LogP contribution >= 0.6 is 0 Å². The molecule has 0 N–H and O–H groups in total. The lowest BCUT2D eigenvalue weighted by atomic mass is 9.64. The number of carbonyl (C=O) groups is 2. The number of methoxy groups -OCH3 is 1. The molecule has 0 radical (unpaired) electrons. The van der Waals surface area contributed by atoms with E-state index in [1.165, 1.54) is 12.7 Å². The number of Topliss-reactive ketones (excluding diaryl/α,β-unsaturated/α-hetero) is 1. The van der Waals surface area contributed by atoms with Gasteiger partial charge in [0.05, 0.1) is 7.11 Å². The Morgan fingerprint density at radius 1 is 1.33 bits per heavy atom. The third-order valence-electron chi connectivity index (χ3n) is 5.59. The van der Waals surface area contributed by atoms with Gasteiger partial charge < -0.3 is 4.74 Å². The van der Waals surface area contributed by atoms with Crippen molar-refractivity contribution in [3.63, 3.8) is 0 Å². The van der Waals surface area contributed by atoms with Gasteiger partial charge in [-0.15, -0.1) is 0 Å². The number of rotatable bonds is 1. The minimum Gasteiger partial charge on any atom is -0.466 e. The number of ether oxygens (including phenoxy) is 1. The van der Waals surface area contributed by atoms with E-state index >= 15 is 0 Å². The summed E-state index contributed by atoms with van der Waals surface area (Å²) in [5.41, 5.74) is 3.08. The minimum atomic E-state index is -0.228. The summed E-state index contributed by atoms with van der Waals surface area (Å²) in [6.45, 7) is 4.37. The molecular formula is C18H24O3. The fourth-order valence-corrected chi connectivity index (χ4v) is 4.74. The summed E-state index contributed by atoms with van der Waals surface area (Å²) in [6, 6.07) is 0. The van der Waals surface area contributed by atoms with Crippen LogP contribution in [0.15, 0.2) is 22.8 Å². The van der Waals surface area contributed by atoms with Gasteiger partial charge in [-0.3, -0.25) is 4.79 Å². The van der Waals surface area contributed by atoms with E-state index in [2.05, 4.69) is 19.9 Å². The second kappa shape index (κ2) is 5.11. The number of fused-ring (bicyclic) bond motifs is 2. The number of hydrogen-bond donors (Lipinski definition) is 0. The van der Waals surface area contributed by atoms with Crippen LogP contribution in [0.25, 0.3) is 0 Å². The molecule has 1 saturated carbocycles. The van der Waals surface area contributed by atoms with Gasteiger partial charge in [-0.25, -0.2) is 4.79 Å². The van der Waals surface area contributed by atoms with Crippen LogP contribution < -0.4 is 0 Å². The standard InChI is InChI=1S/C18H24O3/c1-18(2)14-8-4-6-11(14)10-13(17(20)21-3)12-7-5-9-15(19)16(12)18/h8,11,16H,4-7,9-10H2,1-3H3/t11-,16?/m1/s1. The molecule has 3 aliphatic carbocycles. The van der Waals surface area contributed by atoms with E-state index in [4.69, 9.17) is 4.74 Å². The predicted molar refractivity (Wildman–Crippen MR) is 80.6 cm³/mol. The molecule has 21 heavy (non-hydrogen) atoms. The molecule has 1 fully saturated rings. The first-order valence-electron chi connectivity index (χ1n) is 8.00. The van der Waals surface area contributed by atoms with E-state index in [0.717, 1.165) is 43.3 Å². The summed E-state index contributed by atoms with van der Waals surface area (Å²) < 4.78 is 5.02. The monoisotopic (exact) mass is 288 g/mol. The Morgan fingerprint density at radius 3 is 2.81 bits per heavy atom. The average molecular weight is 288 g/mol. The molecule has 3 heteroatoms. The maximum Gasteiger partial charge on any atom is 0.333 e. The highest BCUT2D eigenvalue weighted by atomic mass is 16.5. The van der Waals surface area contributed by atoms with Crippen LogP contribution in [0.5, 0.6) is 0 Å². The molecule has 0 spiro atoms. The van der Waals surface area contributed by atoms with Gasteiger partial charge in [-0.2, -0.15) is 0 Å². The maximum atomic E-state index is 12.6. The van der Waals surface area contributed by atoms with Crippen molar-refractivity contribution in [3.05, 3.63) is 22.8 Å². The Balaban J connectivity index is 2.16. The molecule has 3 rings (SSSR count). The first-order valence-corrected chi connectivity index (χ1v) is 8.00. The lowest BCUT2D eigenvalue weighted by Crippen LogP contribution is -2.37. The summed E-state index contributed by atoms with van der Waals surface area (Å²) in [5, 5.41) is 0. The molecular weight excluding hydrogens is 264 g/mol. The predicted octanol–water partition coefficient (Wildman–Crippen LogP) is 3.59. The summed E-state index contributed by atoms with van der Waals surface area (Å²) in [4.78, 5) is 24.9. The molecule has 1 unspecified atom stereocenters. The topological polar surface area (TPSA) is 43.4 Å². The minimum absolute atomic E-state index is 0.130. The third kappa shape index (κ3) is 2.18. The van der Waals surface area contributed by atoms with Gasteiger partial charge in [0.15, 0.2) is 0 Å². The highest BCUT2D eigenvalue weighted by molar-refractivity contribution is 5.94. The van der Waals surface area contributed by atoms with Crippen molar-refractivity contribution >= 4 is 11.8 Å². The SMILES string of the molecule is COC(=O)C1=C2CCCC(=O)C2C(C)(C)C2=CCC[C@@H]2C1. The van der Waals surface area contributed by atoms with Crippen LogP contribution in [-0.4, -0.2) is 18.9 Å². The van der Waals surface area contributed by atoms with Crippen molar-refractivity contribution in [1.29, 1.82) is 0 Å². The lowest BCUT2D eigenvalue weighted by molar-refractivity contribution is -0.136. The Morgan fingerprint density at radius 2 is 2.10 bits per heavy atom. The van der Waals surface area contributed by atoms with Crippen molar-refractivity contribution in [2.75, 3.05) is 7.11 Å². The second-order valence-corrected chi connectivity index (χ2v) is 7.11. The van der Waals surface area contributed by atoms with E-state index in [9.17, 15) is 9.59 Å². The third-order valence-corrected chi connectivity index (χ3v) is 5.59. The Kier molecular flexibility index (Phi) is 3.54. The van der Waals surface area contributed by atoms with E-state index in [0.29, 0.717) is 18.1 Å². The highest BCUT2D eigenvalue weighted by Crippen LogP contribution is 2.54. The van der Waals surface area contributed by atoms with Crippen LogP contribution in [0, 0.1) is 17.3 Å². The lowest BCUT2D eigenvalue weighted by Gasteiger charge is -2.39. The van der Waals surface area contributed by atoms with Gasteiger partial charge in [-0.05, 0) is 49.0 Å². The molecule has 3 nitrogen and oxygen atoms in total. The van der Waals surface area contributed by atoms with Crippen LogP contribution in [0.2, 0.25) is 0 Å². The number of ketones is 1. The van der Waals surface area contributed by atoms with Crippen molar-refractivity contribution in [2.24, 2.45) is 17.3 Å². The van der Waals surface area contributed by atoms with Gasteiger partial charge in [0, 0.05) is 17.9 Å². The summed E-state index contributed by atoms with van der Waals surface area (Å²) in [5.74, 6) is 0.347. The highest BCUT2D eigenvalue weighted by Gasteiger charge is 2.48. The zero-order valence-electron chi connectivity index (χ0n) is 13.2. The molecule has 3 aliphatic rings. The molecule has 2 atom stereocenters. The molecule has 0 bridgehead atoms. The first kappa shape index (κ1) is 14.6. The quantitative estimate of drug-likeness (QED) is 0.547. The smallest absolute Gasteiger partial charge is 0.333 e. The second-order valence-electron chi connectivity index (χ2n) is 7.11. The fraction of sp³-hybridized carbons (Fsp3) is 0.667. The summed E-state index contributed by atoms with van der Waals surface area (Å²) in [7, 11) is 1.44. The molecule has 0 saturated heterocycles. The van der Waals surface area contributed by atoms with Crippen LogP contribution in [0.1, 0.15) is 52.4 Å². The summed E-state index contributed by atoms with van der Waals surface area (Å²) in [6.07, 6.45) is 7.59. The Labute approximate surface area is 126 Å². The van der Waals surface area contributed by atoms with Gasteiger partial charge >= 0.3 is 5.97 Å². The molecule has 114 valence electrons. The van der Waals surface area contributed by atoms with Crippen molar-refractivity contribution in [2.45, 2.75) is 52.4 Å². The van der Waals surface area contributed by atoms with Gasteiger partial charge in [-0.1, -0.05) is 25.5 Å². The van der Waals surface area contributed by atoms with Crippen molar-refractivity contribution in [1.82, 2.24) is 0 Å². The zero-order valence-corrected chi connectivity index (χ0v) is 13.2. The maximum absolute atomic E-state index is 12.6. The van der Waals surface area contributed by atoms with E-state index in [1.54, 1.807) is 0 Å². The number of carbonyl (C=O) groups excluding carboxylic acids is 2. The largest absolute Gasteiger partial charge is 0.466 e. The fourth-order valence-electron chi connectivity index (χ4n) is 4.74. The molecule has 0 heterocycles. The van der Waals surface area contributed by atoms with Crippen LogP contribution in [0.3, 0.4) is 0 Å². The number of hydrogen-bond acceptors (Lipinski definition) is 3. The Hall–Kier alpha value is -1.38. The van der Waals surface area contributed by atoms with Crippen molar-refractivity contribution < 1.29 is 14.3 Å². The van der Waals surface area contributed by atoms with Crippen molar-refractivity contribution in [3.8, 4) is 0 Å².